The third-order valence-electron chi connectivity index (χ3n) is 5.26. The van der Waals surface area contributed by atoms with E-state index in [1.807, 2.05) is 0 Å². The van der Waals surface area contributed by atoms with Crippen molar-refractivity contribution in [2.45, 2.75) is 18.2 Å². The van der Waals surface area contributed by atoms with Crippen molar-refractivity contribution in [3.63, 3.8) is 0 Å². The van der Waals surface area contributed by atoms with E-state index in [9.17, 15) is 27.9 Å². The SMILES string of the molecule is CC(=O)c1ccc(S(=O)(=O)NCCC(=O)N2CCN(C(=O)c3ccccc3O)CC2)cc1. The van der Waals surface area contributed by atoms with Gasteiger partial charge >= 0.3 is 0 Å². The number of para-hydroxylation sites is 1. The van der Waals surface area contributed by atoms with E-state index in [0.717, 1.165) is 0 Å². The van der Waals surface area contributed by atoms with Crippen LogP contribution in [0, 0.1) is 0 Å². The molecule has 0 aliphatic carbocycles. The number of nitrogens with zero attached hydrogens (tertiary/aromatic N) is 2. The van der Waals surface area contributed by atoms with E-state index in [2.05, 4.69) is 4.72 Å². The molecule has 9 nitrogen and oxygen atoms in total. The average Bonchev–Trinajstić information content (AvgIpc) is 2.79. The fourth-order valence-electron chi connectivity index (χ4n) is 3.39. The molecule has 1 saturated heterocycles. The van der Waals surface area contributed by atoms with Crippen LogP contribution in [0.3, 0.4) is 0 Å². The van der Waals surface area contributed by atoms with Gasteiger partial charge in [-0.3, -0.25) is 14.4 Å². The molecular formula is C22H25N3O6S. The van der Waals surface area contributed by atoms with Crippen LogP contribution in [0.4, 0.5) is 0 Å². The van der Waals surface area contributed by atoms with E-state index in [1.54, 1.807) is 28.0 Å². The van der Waals surface area contributed by atoms with E-state index in [1.165, 1.54) is 37.3 Å². The maximum Gasteiger partial charge on any atom is 0.257 e. The number of aromatic hydroxyl groups is 1. The quantitative estimate of drug-likeness (QED) is 0.601. The number of carbonyl (C=O) groups excluding carboxylic acids is 3. The zero-order chi connectivity index (χ0) is 23.3. The molecule has 2 aromatic rings. The molecule has 1 heterocycles. The van der Waals surface area contributed by atoms with Crippen molar-refractivity contribution in [2.75, 3.05) is 32.7 Å². The van der Waals surface area contributed by atoms with E-state index >= 15 is 0 Å². The maximum atomic E-state index is 12.5. The zero-order valence-corrected chi connectivity index (χ0v) is 18.5. The number of nitrogens with one attached hydrogen (secondary N) is 1. The molecule has 0 atom stereocenters. The molecule has 2 N–H and O–H groups in total. The van der Waals surface area contributed by atoms with Gasteiger partial charge in [-0.05, 0) is 31.2 Å². The first-order chi connectivity index (χ1) is 15.2. The maximum absolute atomic E-state index is 12.5. The summed E-state index contributed by atoms with van der Waals surface area (Å²) in [5.41, 5.74) is 0.636. The molecular weight excluding hydrogens is 434 g/mol. The first-order valence-electron chi connectivity index (χ1n) is 10.1. The lowest BCUT2D eigenvalue weighted by atomic mass is 10.1. The summed E-state index contributed by atoms with van der Waals surface area (Å²) >= 11 is 0. The standard InChI is InChI=1S/C22H25N3O6S/c1-16(26)17-6-8-18(9-7-17)32(30,31)23-11-10-21(28)24-12-14-25(15-13-24)22(29)19-4-2-3-5-20(19)27/h2-9,23,27H,10-15H2,1H3. The number of phenols is 1. The van der Waals surface area contributed by atoms with Crippen LogP contribution in [0.2, 0.25) is 0 Å². The summed E-state index contributed by atoms with van der Waals surface area (Å²) in [7, 11) is -3.79. The Balaban J connectivity index is 1.47. The number of Topliss-reactive ketones (excluding diaryl/α,β-unsaturated/α-hetero) is 1. The molecule has 10 heteroatoms. The van der Waals surface area contributed by atoms with Crippen molar-refractivity contribution >= 4 is 27.6 Å². The Hall–Kier alpha value is -3.24. The lowest BCUT2D eigenvalue weighted by Crippen LogP contribution is -2.51. The summed E-state index contributed by atoms with van der Waals surface area (Å²) in [6.45, 7) is 2.65. The van der Waals surface area contributed by atoms with Gasteiger partial charge in [0.2, 0.25) is 15.9 Å². The molecule has 0 radical (unpaired) electrons. The van der Waals surface area contributed by atoms with Crippen molar-refractivity contribution < 1.29 is 27.9 Å². The Bertz CT molecular complexity index is 1110. The summed E-state index contributed by atoms with van der Waals surface area (Å²) in [6.07, 6.45) is -0.0157. The molecule has 32 heavy (non-hydrogen) atoms. The predicted octanol–water partition coefficient (Wildman–Crippen LogP) is 1.25. The molecule has 170 valence electrons. The molecule has 1 fully saturated rings. The second-order valence-electron chi connectivity index (χ2n) is 7.42. The summed E-state index contributed by atoms with van der Waals surface area (Å²) in [5, 5.41) is 9.85. The van der Waals surface area contributed by atoms with Gasteiger partial charge in [-0.15, -0.1) is 0 Å². The number of phenolic OH excluding ortho intramolecular Hbond substituents is 1. The molecule has 0 saturated carbocycles. The second kappa shape index (κ2) is 9.92. The lowest BCUT2D eigenvalue weighted by molar-refractivity contribution is -0.132. The zero-order valence-electron chi connectivity index (χ0n) is 17.7. The van der Waals surface area contributed by atoms with Crippen molar-refractivity contribution in [3.05, 3.63) is 59.7 Å². The van der Waals surface area contributed by atoms with Gasteiger partial charge < -0.3 is 14.9 Å². The van der Waals surface area contributed by atoms with Gasteiger partial charge in [0.1, 0.15) is 5.75 Å². The smallest absolute Gasteiger partial charge is 0.257 e. The third-order valence-corrected chi connectivity index (χ3v) is 6.73. The summed E-state index contributed by atoms with van der Waals surface area (Å²) in [6, 6.07) is 11.9. The fraction of sp³-hybridized carbons (Fsp3) is 0.318. The first-order valence-corrected chi connectivity index (χ1v) is 11.6. The molecule has 1 aliphatic rings. The lowest BCUT2D eigenvalue weighted by Gasteiger charge is -2.35. The minimum atomic E-state index is -3.79. The van der Waals surface area contributed by atoms with Crippen molar-refractivity contribution in [1.29, 1.82) is 0 Å². The summed E-state index contributed by atoms with van der Waals surface area (Å²) < 4.78 is 27.1. The fourth-order valence-corrected chi connectivity index (χ4v) is 4.42. The van der Waals surface area contributed by atoms with Crippen LogP contribution in [0.25, 0.3) is 0 Å². The summed E-state index contributed by atoms with van der Waals surface area (Å²) in [5.74, 6) is -0.748. The number of hydrogen-bond acceptors (Lipinski definition) is 6. The van der Waals surface area contributed by atoms with Crippen molar-refractivity contribution in [2.24, 2.45) is 0 Å². The van der Waals surface area contributed by atoms with Crippen LogP contribution < -0.4 is 4.72 Å². The van der Waals surface area contributed by atoms with E-state index in [0.29, 0.717) is 31.7 Å². The number of hydrogen-bond donors (Lipinski definition) is 2. The first kappa shape index (κ1) is 23.4. The number of amides is 2. The van der Waals surface area contributed by atoms with Crippen molar-refractivity contribution in [1.82, 2.24) is 14.5 Å². The third kappa shape index (κ3) is 5.51. The molecule has 1 aliphatic heterocycles. The highest BCUT2D eigenvalue weighted by atomic mass is 32.2. The normalized spacial score (nSPS) is 14.3. The number of benzene rings is 2. The molecule has 3 rings (SSSR count). The highest BCUT2D eigenvalue weighted by molar-refractivity contribution is 7.89. The largest absolute Gasteiger partial charge is 0.507 e. The molecule has 0 aromatic heterocycles. The van der Waals surface area contributed by atoms with Gasteiger partial charge in [0.15, 0.2) is 5.78 Å². The van der Waals surface area contributed by atoms with E-state index in [-0.39, 0.29) is 46.8 Å². The Labute approximate surface area is 186 Å². The van der Waals surface area contributed by atoms with Gasteiger partial charge in [-0.1, -0.05) is 24.3 Å². The van der Waals surface area contributed by atoms with Gasteiger partial charge in [-0.2, -0.15) is 0 Å². The van der Waals surface area contributed by atoms with Crippen LogP contribution >= 0.6 is 0 Å². The Morgan fingerprint density at radius 1 is 0.938 bits per heavy atom. The Kier molecular flexibility index (Phi) is 7.26. The van der Waals surface area contributed by atoms with E-state index in [4.69, 9.17) is 0 Å². The van der Waals surface area contributed by atoms with Crippen LogP contribution in [-0.4, -0.2) is 73.6 Å². The molecule has 0 spiro atoms. The van der Waals surface area contributed by atoms with Crippen LogP contribution in [0.1, 0.15) is 34.1 Å². The Morgan fingerprint density at radius 3 is 2.12 bits per heavy atom. The minimum Gasteiger partial charge on any atom is -0.507 e. The highest BCUT2D eigenvalue weighted by Crippen LogP contribution is 2.19. The molecule has 2 aromatic carbocycles. The van der Waals surface area contributed by atoms with Crippen LogP contribution in [-0.2, 0) is 14.8 Å². The Morgan fingerprint density at radius 2 is 1.53 bits per heavy atom. The van der Waals surface area contributed by atoms with Crippen molar-refractivity contribution in [3.8, 4) is 5.75 Å². The van der Waals surface area contributed by atoms with Gasteiger partial charge in [0.05, 0.1) is 10.5 Å². The van der Waals surface area contributed by atoms with Crippen LogP contribution in [0.5, 0.6) is 5.75 Å². The number of ketones is 1. The monoisotopic (exact) mass is 459 g/mol. The summed E-state index contributed by atoms with van der Waals surface area (Å²) in [4.78, 5) is 39.5. The topological polar surface area (TPSA) is 124 Å². The number of rotatable bonds is 7. The average molecular weight is 460 g/mol. The minimum absolute atomic E-state index is 0.0157. The molecule has 0 bridgehead atoms. The number of carbonyl (C=O) groups is 3. The van der Waals surface area contributed by atoms with Crippen LogP contribution in [0.15, 0.2) is 53.4 Å². The van der Waals surface area contributed by atoms with E-state index < -0.39 is 10.0 Å². The molecule has 0 unspecified atom stereocenters. The predicted molar refractivity (Wildman–Crippen MR) is 117 cm³/mol. The van der Waals surface area contributed by atoms with Gasteiger partial charge in [-0.25, -0.2) is 13.1 Å². The highest BCUT2D eigenvalue weighted by Gasteiger charge is 2.26. The number of sulfonamides is 1. The van der Waals surface area contributed by atoms with Gasteiger partial charge in [0.25, 0.3) is 5.91 Å². The number of piperazine rings is 1. The molecule has 2 amide bonds. The van der Waals surface area contributed by atoms with Gasteiger partial charge in [0, 0.05) is 44.7 Å². The second-order valence-corrected chi connectivity index (χ2v) is 9.19.